The number of hydrogen-bond acceptors (Lipinski definition) is 6. The first kappa shape index (κ1) is 12.1. The second-order valence-corrected chi connectivity index (χ2v) is 4.23. The van der Waals surface area contributed by atoms with Gasteiger partial charge >= 0.3 is 0 Å². The summed E-state index contributed by atoms with van der Waals surface area (Å²) in [5.74, 6) is 1.97. The van der Waals surface area contributed by atoms with Crippen LogP contribution in [0.1, 0.15) is 5.69 Å². The van der Waals surface area contributed by atoms with E-state index in [1.54, 1.807) is 12.1 Å². The second-order valence-electron chi connectivity index (χ2n) is 4.23. The third-order valence-electron chi connectivity index (χ3n) is 2.85. The molecule has 2 heterocycles. The van der Waals surface area contributed by atoms with Crippen molar-refractivity contribution in [2.24, 2.45) is 0 Å². The van der Waals surface area contributed by atoms with Gasteiger partial charge in [0, 0.05) is 11.8 Å². The van der Waals surface area contributed by atoms with Crippen molar-refractivity contribution in [1.82, 2.24) is 4.98 Å². The van der Waals surface area contributed by atoms with Gasteiger partial charge in [0.1, 0.15) is 25.1 Å². The lowest BCUT2D eigenvalue weighted by molar-refractivity contribution is 0.171. The normalized spacial score (nSPS) is 12.6. The van der Waals surface area contributed by atoms with Crippen LogP contribution in [-0.4, -0.2) is 18.2 Å². The standard InChI is InChI=1S/C14H12N4O2/c15-8-11-10(16)2-4-14(18-11)17-9-1-3-12-13(7-9)20-6-5-19-12/h1-4,7H,5-6,16H2,(H,17,18). The Morgan fingerprint density at radius 3 is 2.75 bits per heavy atom. The summed E-state index contributed by atoms with van der Waals surface area (Å²) in [5, 5.41) is 12.0. The van der Waals surface area contributed by atoms with Gasteiger partial charge in [0.2, 0.25) is 0 Å². The van der Waals surface area contributed by atoms with Crippen molar-refractivity contribution in [3.8, 4) is 17.6 Å². The Bertz CT molecular complexity index is 694. The highest BCUT2D eigenvalue weighted by atomic mass is 16.6. The van der Waals surface area contributed by atoms with Crippen molar-refractivity contribution in [1.29, 1.82) is 5.26 Å². The van der Waals surface area contributed by atoms with Gasteiger partial charge in [-0.25, -0.2) is 4.98 Å². The molecule has 6 heteroatoms. The predicted molar refractivity (Wildman–Crippen MR) is 74.1 cm³/mol. The largest absolute Gasteiger partial charge is 0.486 e. The zero-order chi connectivity index (χ0) is 13.9. The van der Waals surface area contributed by atoms with Gasteiger partial charge in [-0.05, 0) is 24.3 Å². The third-order valence-corrected chi connectivity index (χ3v) is 2.85. The molecule has 0 radical (unpaired) electrons. The molecule has 0 unspecified atom stereocenters. The first-order valence-electron chi connectivity index (χ1n) is 6.09. The van der Waals surface area contributed by atoms with E-state index in [1.165, 1.54) is 0 Å². The molecule has 0 spiro atoms. The molecular weight excluding hydrogens is 256 g/mol. The molecule has 0 fully saturated rings. The summed E-state index contributed by atoms with van der Waals surface area (Å²) in [4.78, 5) is 4.13. The topological polar surface area (TPSA) is 93.2 Å². The smallest absolute Gasteiger partial charge is 0.165 e. The van der Waals surface area contributed by atoms with E-state index in [0.29, 0.717) is 30.5 Å². The number of nitrogens with one attached hydrogen (secondary N) is 1. The molecular formula is C14H12N4O2. The number of nitrogen functional groups attached to an aromatic ring is 1. The zero-order valence-corrected chi connectivity index (χ0v) is 10.6. The van der Waals surface area contributed by atoms with E-state index in [2.05, 4.69) is 10.3 Å². The Morgan fingerprint density at radius 1 is 1.15 bits per heavy atom. The zero-order valence-electron chi connectivity index (χ0n) is 10.6. The maximum absolute atomic E-state index is 8.91. The summed E-state index contributed by atoms with van der Waals surface area (Å²) in [7, 11) is 0. The van der Waals surface area contributed by atoms with Gasteiger partial charge in [-0.15, -0.1) is 0 Å². The lowest BCUT2D eigenvalue weighted by Crippen LogP contribution is -2.15. The molecule has 0 bridgehead atoms. The number of nitriles is 1. The summed E-state index contributed by atoms with van der Waals surface area (Å²) in [6, 6.07) is 10.8. The number of anilines is 3. The third kappa shape index (κ3) is 2.29. The van der Waals surface area contributed by atoms with Gasteiger partial charge < -0.3 is 20.5 Å². The average molecular weight is 268 g/mol. The van der Waals surface area contributed by atoms with Crippen LogP contribution in [0.25, 0.3) is 0 Å². The molecule has 6 nitrogen and oxygen atoms in total. The Morgan fingerprint density at radius 2 is 1.95 bits per heavy atom. The molecule has 0 amide bonds. The van der Waals surface area contributed by atoms with Gasteiger partial charge in [-0.3, -0.25) is 0 Å². The fraction of sp³-hybridized carbons (Fsp3) is 0.143. The molecule has 0 aliphatic carbocycles. The minimum atomic E-state index is 0.201. The van der Waals surface area contributed by atoms with Crippen molar-refractivity contribution in [3.63, 3.8) is 0 Å². The number of fused-ring (bicyclic) bond motifs is 1. The van der Waals surface area contributed by atoms with Crippen molar-refractivity contribution >= 4 is 17.2 Å². The molecule has 2 aromatic rings. The van der Waals surface area contributed by atoms with E-state index >= 15 is 0 Å². The Kier molecular flexibility index (Phi) is 3.01. The lowest BCUT2D eigenvalue weighted by Gasteiger charge is -2.19. The second kappa shape index (κ2) is 4.97. The van der Waals surface area contributed by atoms with Gasteiger partial charge in [0.25, 0.3) is 0 Å². The monoisotopic (exact) mass is 268 g/mol. The molecule has 20 heavy (non-hydrogen) atoms. The molecule has 0 saturated heterocycles. The van der Waals surface area contributed by atoms with Gasteiger partial charge in [0.15, 0.2) is 17.2 Å². The summed E-state index contributed by atoms with van der Waals surface area (Å²) in [5.41, 5.74) is 7.00. The Labute approximate surface area is 115 Å². The lowest BCUT2D eigenvalue weighted by atomic mass is 10.2. The number of nitrogens with zero attached hydrogens (tertiary/aromatic N) is 2. The molecule has 3 N–H and O–H groups in total. The molecule has 1 aliphatic rings. The number of rotatable bonds is 2. The summed E-state index contributed by atoms with van der Waals surface area (Å²) in [6.07, 6.45) is 0. The van der Waals surface area contributed by atoms with Crippen molar-refractivity contribution in [3.05, 3.63) is 36.0 Å². The maximum atomic E-state index is 8.91. The maximum Gasteiger partial charge on any atom is 0.165 e. The fourth-order valence-electron chi connectivity index (χ4n) is 1.90. The fourth-order valence-corrected chi connectivity index (χ4v) is 1.90. The van der Waals surface area contributed by atoms with E-state index in [0.717, 1.165) is 11.4 Å². The number of benzene rings is 1. The summed E-state index contributed by atoms with van der Waals surface area (Å²) in [6.45, 7) is 1.10. The average Bonchev–Trinajstić information content (AvgIpc) is 2.49. The van der Waals surface area contributed by atoms with Crippen LogP contribution in [-0.2, 0) is 0 Å². The van der Waals surface area contributed by atoms with Crippen molar-refractivity contribution < 1.29 is 9.47 Å². The summed E-state index contributed by atoms with van der Waals surface area (Å²) >= 11 is 0. The first-order valence-corrected chi connectivity index (χ1v) is 6.09. The number of pyridine rings is 1. The molecule has 1 aromatic carbocycles. The van der Waals surface area contributed by atoms with Crippen molar-refractivity contribution in [2.75, 3.05) is 24.3 Å². The minimum absolute atomic E-state index is 0.201. The van der Waals surface area contributed by atoms with Crippen LogP contribution >= 0.6 is 0 Å². The minimum Gasteiger partial charge on any atom is -0.486 e. The van der Waals surface area contributed by atoms with E-state index in [-0.39, 0.29) is 5.69 Å². The van der Waals surface area contributed by atoms with Gasteiger partial charge in [0.05, 0.1) is 5.69 Å². The van der Waals surface area contributed by atoms with E-state index < -0.39 is 0 Å². The van der Waals surface area contributed by atoms with Crippen LogP contribution in [0.5, 0.6) is 11.5 Å². The highest BCUT2D eigenvalue weighted by molar-refractivity contribution is 5.64. The molecule has 100 valence electrons. The number of aromatic nitrogens is 1. The van der Waals surface area contributed by atoms with Crippen molar-refractivity contribution in [2.45, 2.75) is 0 Å². The molecule has 0 saturated carbocycles. The molecule has 1 aromatic heterocycles. The highest BCUT2D eigenvalue weighted by Gasteiger charge is 2.12. The van der Waals surface area contributed by atoms with Gasteiger partial charge in [-0.1, -0.05) is 0 Å². The molecule has 0 atom stereocenters. The van der Waals surface area contributed by atoms with Crippen LogP contribution < -0.4 is 20.5 Å². The Balaban J connectivity index is 1.86. The van der Waals surface area contributed by atoms with Crippen LogP contribution in [0.15, 0.2) is 30.3 Å². The predicted octanol–water partition coefficient (Wildman–Crippen LogP) is 2.05. The van der Waals surface area contributed by atoms with Crippen LogP contribution in [0.3, 0.4) is 0 Å². The van der Waals surface area contributed by atoms with Crippen LogP contribution in [0.2, 0.25) is 0 Å². The number of hydrogen-bond donors (Lipinski definition) is 2. The SMILES string of the molecule is N#Cc1nc(Nc2ccc3c(c2)OCCO3)ccc1N. The van der Waals surface area contributed by atoms with E-state index in [4.69, 9.17) is 20.5 Å². The van der Waals surface area contributed by atoms with Gasteiger partial charge in [-0.2, -0.15) is 5.26 Å². The van der Waals surface area contributed by atoms with E-state index in [9.17, 15) is 0 Å². The number of ether oxygens (including phenoxy) is 2. The summed E-state index contributed by atoms with van der Waals surface area (Å²) < 4.78 is 11.0. The Hall–Kier alpha value is -2.94. The van der Waals surface area contributed by atoms with Crippen LogP contribution in [0.4, 0.5) is 17.2 Å². The first-order chi connectivity index (χ1) is 9.76. The molecule has 3 rings (SSSR count). The van der Waals surface area contributed by atoms with E-state index in [1.807, 2.05) is 24.3 Å². The quantitative estimate of drug-likeness (QED) is 0.865. The highest BCUT2D eigenvalue weighted by Crippen LogP contribution is 2.33. The number of nitrogens with two attached hydrogens (primary N) is 1. The van der Waals surface area contributed by atoms with Crippen LogP contribution in [0, 0.1) is 11.3 Å². The molecule has 1 aliphatic heterocycles.